The second-order valence-corrected chi connectivity index (χ2v) is 11.3. The summed E-state index contributed by atoms with van der Waals surface area (Å²) in [6.45, 7) is 1.06. The molecule has 5 nitrogen and oxygen atoms in total. The maximum Gasteiger partial charge on any atom is 0.309 e. The largest absolute Gasteiger partial charge is 0.465 e. The van der Waals surface area contributed by atoms with Gasteiger partial charge in [0.1, 0.15) is 0 Å². The number of ether oxygens (including phenoxy) is 1. The molecular formula is C34H40N2O3. The Hall–Kier alpha value is -3.60. The highest BCUT2D eigenvalue weighted by Gasteiger charge is 2.28. The van der Waals surface area contributed by atoms with E-state index in [-0.39, 0.29) is 23.7 Å². The summed E-state index contributed by atoms with van der Waals surface area (Å²) < 4.78 is 5.29. The fraction of sp³-hybridized carbons (Fsp3) is 0.412. The van der Waals surface area contributed by atoms with Gasteiger partial charge in [-0.2, -0.15) is 0 Å². The van der Waals surface area contributed by atoms with Crippen LogP contribution in [0.25, 0.3) is 11.1 Å². The van der Waals surface area contributed by atoms with Gasteiger partial charge in [-0.15, -0.1) is 0 Å². The van der Waals surface area contributed by atoms with E-state index < -0.39 is 0 Å². The van der Waals surface area contributed by atoms with E-state index in [1.807, 2.05) is 31.1 Å². The van der Waals surface area contributed by atoms with E-state index in [2.05, 4.69) is 65.6 Å². The number of hydrogen-bond acceptors (Lipinski definition) is 4. The molecule has 3 aromatic carbocycles. The third kappa shape index (κ3) is 6.70. The van der Waals surface area contributed by atoms with Crippen LogP contribution < -0.4 is 9.80 Å². The summed E-state index contributed by atoms with van der Waals surface area (Å²) >= 11 is 0. The zero-order valence-electron chi connectivity index (χ0n) is 23.3. The van der Waals surface area contributed by atoms with Crippen molar-refractivity contribution in [2.45, 2.75) is 57.9 Å². The molecule has 1 saturated heterocycles. The van der Waals surface area contributed by atoms with Crippen LogP contribution in [-0.2, 0) is 27.3 Å². The summed E-state index contributed by atoms with van der Waals surface area (Å²) in [6.07, 6.45) is 7.81. The van der Waals surface area contributed by atoms with E-state index >= 15 is 0 Å². The van der Waals surface area contributed by atoms with E-state index in [0.717, 1.165) is 60.9 Å². The minimum atomic E-state index is -0.101. The highest BCUT2D eigenvalue weighted by Crippen LogP contribution is 2.31. The molecule has 0 spiro atoms. The van der Waals surface area contributed by atoms with Crippen molar-refractivity contribution in [2.75, 3.05) is 30.5 Å². The smallest absolute Gasteiger partial charge is 0.309 e. The molecule has 0 radical (unpaired) electrons. The van der Waals surface area contributed by atoms with Gasteiger partial charge in [0.15, 0.2) is 0 Å². The van der Waals surface area contributed by atoms with Crippen LogP contribution in [0.2, 0.25) is 0 Å². The third-order valence-electron chi connectivity index (χ3n) is 8.21. The first-order chi connectivity index (χ1) is 19.0. The van der Waals surface area contributed by atoms with Crippen LogP contribution in [0.3, 0.4) is 0 Å². The number of anilines is 2. The van der Waals surface area contributed by atoms with Crippen LogP contribution >= 0.6 is 0 Å². The SMILES string of the molecule is CN(C)c1ccc(-c2ccc(CN(C(=O)C3CCCCC3)c3cccc(CC4CCCOC4=O)c3)cc2)cc1. The molecule has 5 heteroatoms. The van der Waals surface area contributed by atoms with E-state index in [1.54, 1.807) is 0 Å². The number of carbonyl (C=O) groups is 2. The Morgan fingerprint density at radius 3 is 2.15 bits per heavy atom. The molecule has 1 atom stereocenters. The summed E-state index contributed by atoms with van der Waals surface area (Å²) in [5.41, 5.74) is 6.61. The van der Waals surface area contributed by atoms with Crippen molar-refractivity contribution in [3.8, 4) is 11.1 Å². The molecule has 5 rings (SSSR count). The van der Waals surface area contributed by atoms with Crippen molar-refractivity contribution in [2.24, 2.45) is 11.8 Å². The van der Waals surface area contributed by atoms with Gasteiger partial charge in [0.05, 0.1) is 19.1 Å². The van der Waals surface area contributed by atoms with Crippen LogP contribution in [0.1, 0.15) is 56.1 Å². The second kappa shape index (κ2) is 12.5. The standard InChI is InChI=1S/C34H40N2O3/c1-35(2)31-19-17-28(18-20-31)27-15-13-25(14-16-27)24-36(33(37)29-9-4-3-5-10-29)32-12-6-8-26(23-32)22-30-11-7-21-39-34(30)38/h6,8,12-20,23,29-30H,3-5,7,9-11,21-22,24H2,1-2H3. The average Bonchev–Trinajstić information content (AvgIpc) is 2.98. The van der Waals surface area contributed by atoms with Gasteiger partial charge in [-0.25, -0.2) is 0 Å². The molecule has 1 amide bonds. The summed E-state index contributed by atoms with van der Waals surface area (Å²) in [6, 6.07) is 25.3. The summed E-state index contributed by atoms with van der Waals surface area (Å²) in [5.74, 6) is 0.0894. The first-order valence-electron chi connectivity index (χ1n) is 14.4. The molecule has 2 aliphatic rings. The molecule has 0 bridgehead atoms. The van der Waals surface area contributed by atoms with Gasteiger partial charge in [-0.3, -0.25) is 9.59 Å². The van der Waals surface area contributed by atoms with Gasteiger partial charge >= 0.3 is 5.97 Å². The zero-order chi connectivity index (χ0) is 27.2. The lowest BCUT2D eigenvalue weighted by atomic mass is 9.88. The van der Waals surface area contributed by atoms with E-state index in [0.29, 0.717) is 19.6 Å². The highest BCUT2D eigenvalue weighted by atomic mass is 16.5. The van der Waals surface area contributed by atoms with Gasteiger partial charge in [-0.1, -0.05) is 67.8 Å². The van der Waals surface area contributed by atoms with Crippen molar-refractivity contribution in [1.29, 1.82) is 0 Å². The number of nitrogens with zero attached hydrogens (tertiary/aromatic N) is 2. The molecule has 1 aliphatic carbocycles. The number of amides is 1. The third-order valence-corrected chi connectivity index (χ3v) is 8.21. The highest BCUT2D eigenvalue weighted by molar-refractivity contribution is 5.95. The van der Waals surface area contributed by atoms with Crippen molar-refractivity contribution < 1.29 is 14.3 Å². The maximum absolute atomic E-state index is 13.9. The summed E-state index contributed by atoms with van der Waals surface area (Å²) in [7, 11) is 4.09. The van der Waals surface area contributed by atoms with Gasteiger partial charge in [-0.05, 0) is 78.6 Å². The van der Waals surface area contributed by atoms with Gasteiger partial charge in [0, 0.05) is 31.4 Å². The first-order valence-corrected chi connectivity index (χ1v) is 14.4. The molecule has 1 unspecified atom stereocenters. The van der Waals surface area contributed by atoms with E-state index in [1.165, 1.54) is 17.7 Å². The molecule has 2 fully saturated rings. The van der Waals surface area contributed by atoms with Gasteiger partial charge < -0.3 is 14.5 Å². The van der Waals surface area contributed by atoms with Crippen LogP contribution in [0, 0.1) is 11.8 Å². The number of hydrogen-bond donors (Lipinski definition) is 0. The van der Waals surface area contributed by atoms with Gasteiger partial charge in [0.2, 0.25) is 5.91 Å². The quantitative estimate of drug-likeness (QED) is 0.297. The van der Waals surface area contributed by atoms with Crippen LogP contribution in [0.4, 0.5) is 11.4 Å². The van der Waals surface area contributed by atoms with Crippen molar-refractivity contribution in [3.05, 3.63) is 83.9 Å². The predicted molar refractivity (Wildman–Crippen MR) is 158 cm³/mol. The number of rotatable bonds is 8. The molecule has 0 aromatic heterocycles. The fourth-order valence-corrected chi connectivity index (χ4v) is 5.86. The Balaban J connectivity index is 1.37. The van der Waals surface area contributed by atoms with E-state index in [9.17, 15) is 9.59 Å². The summed E-state index contributed by atoms with van der Waals surface area (Å²) in [4.78, 5) is 30.2. The Morgan fingerprint density at radius 1 is 0.795 bits per heavy atom. The number of benzene rings is 3. The van der Waals surface area contributed by atoms with Crippen LogP contribution in [0.15, 0.2) is 72.8 Å². The number of cyclic esters (lactones) is 1. The number of esters is 1. The molecule has 39 heavy (non-hydrogen) atoms. The van der Waals surface area contributed by atoms with Crippen molar-refractivity contribution >= 4 is 23.3 Å². The normalized spacial score (nSPS) is 17.9. The molecule has 1 saturated carbocycles. The Bertz CT molecular complexity index is 1260. The number of carbonyl (C=O) groups excluding carboxylic acids is 2. The van der Waals surface area contributed by atoms with E-state index in [4.69, 9.17) is 4.74 Å². The van der Waals surface area contributed by atoms with Gasteiger partial charge in [0.25, 0.3) is 0 Å². The molecule has 1 heterocycles. The van der Waals surface area contributed by atoms with Crippen LogP contribution in [0.5, 0.6) is 0 Å². The molecule has 3 aromatic rings. The Morgan fingerprint density at radius 2 is 1.49 bits per heavy atom. The maximum atomic E-state index is 13.9. The summed E-state index contributed by atoms with van der Waals surface area (Å²) in [5, 5.41) is 0. The minimum Gasteiger partial charge on any atom is -0.465 e. The molecule has 0 N–H and O–H groups in total. The minimum absolute atomic E-state index is 0.0743. The van der Waals surface area contributed by atoms with Crippen molar-refractivity contribution in [1.82, 2.24) is 0 Å². The fourth-order valence-electron chi connectivity index (χ4n) is 5.86. The zero-order valence-corrected chi connectivity index (χ0v) is 23.3. The lowest BCUT2D eigenvalue weighted by Gasteiger charge is -2.30. The molecular weight excluding hydrogens is 484 g/mol. The Labute approximate surface area is 232 Å². The first kappa shape index (κ1) is 27.0. The van der Waals surface area contributed by atoms with Crippen molar-refractivity contribution in [3.63, 3.8) is 0 Å². The lowest BCUT2D eigenvalue weighted by Crippen LogP contribution is -2.36. The van der Waals surface area contributed by atoms with Crippen LogP contribution in [-0.4, -0.2) is 32.6 Å². The molecule has 204 valence electrons. The predicted octanol–water partition coefficient (Wildman–Crippen LogP) is 7.03. The lowest BCUT2D eigenvalue weighted by molar-refractivity contribution is -0.152. The molecule has 1 aliphatic heterocycles. The Kier molecular flexibility index (Phi) is 8.65. The monoisotopic (exact) mass is 524 g/mol. The average molecular weight is 525 g/mol. The second-order valence-electron chi connectivity index (χ2n) is 11.3. The topological polar surface area (TPSA) is 49.9 Å².